The van der Waals surface area contributed by atoms with Crippen molar-refractivity contribution in [3.63, 3.8) is 0 Å². The number of fused-ring (bicyclic) bond motifs is 18. The summed E-state index contributed by atoms with van der Waals surface area (Å²) in [5.74, 6) is 0. The van der Waals surface area contributed by atoms with E-state index in [4.69, 9.17) is 13.3 Å². The monoisotopic (exact) mass is 1880 g/mol. The Labute approximate surface area is 848 Å². The summed E-state index contributed by atoms with van der Waals surface area (Å²) in [5.41, 5.74) is 37.6. The lowest BCUT2D eigenvalue weighted by molar-refractivity contribution is 0.668. The van der Waals surface area contributed by atoms with Gasteiger partial charge in [0.25, 0.3) is 0 Å². The molecule has 0 spiro atoms. The molecule has 0 aliphatic carbocycles. The van der Waals surface area contributed by atoms with Crippen LogP contribution in [0.4, 0.5) is 51.2 Å². The van der Waals surface area contributed by atoms with Crippen LogP contribution in [-0.2, 0) is 0 Å². The average molecular weight is 1880 g/mol. The second kappa shape index (κ2) is 37.0. The van der Waals surface area contributed by atoms with Crippen molar-refractivity contribution in [3.05, 3.63) is 558 Å². The number of aromatic nitrogens is 3. The standard InChI is InChI=1S/2C48H32N2O.C42H28N2O/c1-3-11-33(12-4-1)35-19-23-37(24-20-35)49(38-25-21-36(22-26-38)34-13-5-2-6-14-34)40-27-29-42-41-15-7-9-17-45(41)50(46(42)32-40)39-28-30-48-44(31-39)43-16-8-10-18-47(43)51-48;1-3-11-33(12-4-1)34-19-21-35(22-20-34)36-23-25-38(26-24-36)49(37-13-5-2-6-14-37)40-27-29-42-41-15-7-9-17-45(41)50(46(42)32-40)39-28-30-48-44(31-39)43-16-8-10-18-47(43)51-48;1-3-12-29(13-4-1)30-14-11-17-32(26-30)43(31-15-5-2-6-16-31)34-22-24-36-35-18-7-9-20-39(35)44(40(36)28-34)33-23-25-42-38(27-33)37-19-8-10-21-41(37)45-42/h2*1-32H;1-28H. The van der Waals surface area contributed by atoms with Gasteiger partial charge >= 0.3 is 0 Å². The van der Waals surface area contributed by atoms with Gasteiger partial charge in [-0.05, 0) is 256 Å². The van der Waals surface area contributed by atoms with Crippen molar-refractivity contribution in [2.45, 2.75) is 0 Å². The molecule has 0 saturated carbocycles. The highest BCUT2D eigenvalue weighted by Gasteiger charge is 2.26. The van der Waals surface area contributed by atoms with Gasteiger partial charge < -0.3 is 41.7 Å². The minimum atomic E-state index is 0.894. The Morgan fingerprint density at radius 3 is 0.633 bits per heavy atom. The van der Waals surface area contributed by atoms with E-state index >= 15 is 0 Å². The molecule has 0 amide bonds. The maximum Gasteiger partial charge on any atom is 0.135 e. The fraction of sp³-hybridized carbons (Fsp3) is 0. The zero-order chi connectivity index (χ0) is 97.2. The number of para-hydroxylation sites is 8. The van der Waals surface area contributed by atoms with E-state index in [9.17, 15) is 0 Å². The van der Waals surface area contributed by atoms with Gasteiger partial charge in [0.2, 0.25) is 0 Å². The van der Waals surface area contributed by atoms with Crippen LogP contribution in [0.2, 0.25) is 0 Å². The van der Waals surface area contributed by atoms with Crippen molar-refractivity contribution in [1.29, 1.82) is 0 Å². The summed E-state index contributed by atoms with van der Waals surface area (Å²) in [7, 11) is 0. The third kappa shape index (κ3) is 15.9. The van der Waals surface area contributed by atoms with Crippen molar-refractivity contribution < 1.29 is 13.3 Å². The molecule has 29 rings (SSSR count). The van der Waals surface area contributed by atoms with Crippen LogP contribution >= 0.6 is 0 Å². The zero-order valence-electron chi connectivity index (χ0n) is 80.0. The number of hydrogen-bond acceptors (Lipinski definition) is 6. The van der Waals surface area contributed by atoms with Gasteiger partial charge in [-0.2, -0.15) is 0 Å². The third-order valence-electron chi connectivity index (χ3n) is 28.8. The topological polar surface area (TPSA) is 63.9 Å². The predicted molar refractivity (Wildman–Crippen MR) is 615 cm³/mol. The molecule has 692 valence electrons. The number of anilines is 9. The van der Waals surface area contributed by atoms with Gasteiger partial charge in [-0.25, -0.2) is 0 Å². The number of benzene rings is 23. The minimum Gasteiger partial charge on any atom is -0.456 e. The van der Waals surface area contributed by atoms with E-state index in [1.165, 1.54) is 105 Å². The van der Waals surface area contributed by atoms with Gasteiger partial charge in [0.05, 0.1) is 33.1 Å². The van der Waals surface area contributed by atoms with Crippen LogP contribution in [0.5, 0.6) is 0 Å². The first-order valence-electron chi connectivity index (χ1n) is 50.0. The molecule has 0 fully saturated rings. The van der Waals surface area contributed by atoms with Gasteiger partial charge in [-0.3, -0.25) is 0 Å². The smallest absolute Gasteiger partial charge is 0.135 e. The molecule has 0 atom stereocenters. The summed E-state index contributed by atoms with van der Waals surface area (Å²) in [6.45, 7) is 0. The van der Waals surface area contributed by atoms with Crippen molar-refractivity contribution in [2.24, 2.45) is 0 Å². The predicted octanol–water partition coefficient (Wildman–Crippen LogP) is 38.8. The quantitative estimate of drug-likeness (QED) is 0.0905. The molecule has 9 heteroatoms. The summed E-state index contributed by atoms with van der Waals surface area (Å²) in [6, 6.07) is 199. The van der Waals surface area contributed by atoms with Crippen LogP contribution < -0.4 is 14.7 Å². The number of rotatable bonds is 17. The number of nitrogens with zero attached hydrogens (tertiary/aromatic N) is 6. The molecule has 0 unspecified atom stereocenters. The molecule has 0 radical (unpaired) electrons. The summed E-state index contributed by atoms with van der Waals surface area (Å²) < 4.78 is 25.7. The lowest BCUT2D eigenvalue weighted by Gasteiger charge is -2.26. The third-order valence-corrected chi connectivity index (χ3v) is 28.8. The summed E-state index contributed by atoms with van der Waals surface area (Å²) in [4.78, 5) is 7.05. The minimum absolute atomic E-state index is 0.894. The normalized spacial score (nSPS) is 11.5. The highest BCUT2D eigenvalue weighted by atomic mass is 16.3. The van der Waals surface area contributed by atoms with Crippen molar-refractivity contribution in [3.8, 4) is 72.7 Å². The lowest BCUT2D eigenvalue weighted by Crippen LogP contribution is -2.10. The molecule has 147 heavy (non-hydrogen) atoms. The van der Waals surface area contributed by atoms with E-state index in [0.29, 0.717) is 0 Å². The van der Waals surface area contributed by atoms with E-state index in [2.05, 4.69) is 550 Å². The fourth-order valence-corrected chi connectivity index (χ4v) is 21.8. The molecule has 6 aromatic heterocycles. The van der Waals surface area contributed by atoms with Crippen LogP contribution in [0.3, 0.4) is 0 Å². The maximum absolute atomic E-state index is 6.21. The van der Waals surface area contributed by atoms with E-state index in [-0.39, 0.29) is 0 Å². The van der Waals surface area contributed by atoms with E-state index in [1.807, 2.05) is 36.4 Å². The number of furan rings is 3. The largest absolute Gasteiger partial charge is 0.456 e. The highest BCUT2D eigenvalue weighted by Crippen LogP contribution is 2.48. The Hall–Kier alpha value is -19.7. The first-order valence-corrected chi connectivity index (χ1v) is 50.0. The second-order valence-electron chi connectivity index (χ2n) is 37.4. The lowest BCUT2D eigenvalue weighted by atomic mass is 10.00. The van der Waals surface area contributed by atoms with Crippen LogP contribution in [0, 0.1) is 0 Å². The van der Waals surface area contributed by atoms with Crippen LogP contribution in [0.15, 0.2) is 571 Å². The average Bonchev–Trinajstić information content (AvgIpc) is 1.59. The molecule has 0 aliphatic heterocycles. The summed E-state index contributed by atoms with van der Waals surface area (Å²) >= 11 is 0. The second-order valence-corrected chi connectivity index (χ2v) is 37.4. The van der Waals surface area contributed by atoms with E-state index in [1.54, 1.807) is 0 Å². The summed E-state index contributed by atoms with van der Waals surface area (Å²) in [6.07, 6.45) is 0. The van der Waals surface area contributed by atoms with Crippen LogP contribution in [0.25, 0.3) is 204 Å². The van der Waals surface area contributed by atoms with Crippen molar-refractivity contribution in [1.82, 2.24) is 13.7 Å². The van der Waals surface area contributed by atoms with Gasteiger partial charge in [0.15, 0.2) is 0 Å². The first kappa shape index (κ1) is 86.4. The Kier molecular flexibility index (Phi) is 21.8. The molecule has 0 aliphatic rings. The van der Waals surface area contributed by atoms with Crippen LogP contribution in [-0.4, -0.2) is 13.7 Å². The SMILES string of the molecule is c1ccc(-c2ccc(-c3ccc(N(c4ccccc4)c4ccc5c6ccccc6n(-c6ccc7oc8ccccc8c7c6)c5c4)cc3)cc2)cc1.c1ccc(-c2ccc(N(c3ccc(-c4ccccc4)cc3)c3ccc4c5ccccc5n(-c5ccc6oc7ccccc7c6c5)c4c3)cc2)cc1.c1ccc(-c2cccc(N(c3ccccc3)c3ccc4c5ccccc5n(-c5ccc6oc7ccccc7c6c5)c4c3)c2)cc1. The van der Waals surface area contributed by atoms with E-state index in [0.717, 1.165) is 151 Å². The fourth-order valence-electron chi connectivity index (χ4n) is 21.8. The van der Waals surface area contributed by atoms with Crippen LogP contribution in [0.1, 0.15) is 0 Å². The molecular formula is C138H92N6O3. The zero-order valence-corrected chi connectivity index (χ0v) is 80.0. The molecule has 23 aromatic carbocycles. The van der Waals surface area contributed by atoms with Crippen molar-refractivity contribution in [2.75, 3.05) is 14.7 Å². The Bertz CT molecular complexity index is 9890. The first-order chi connectivity index (χ1) is 72.9. The van der Waals surface area contributed by atoms with Gasteiger partial charge in [0, 0.05) is 133 Å². The van der Waals surface area contributed by atoms with Crippen molar-refractivity contribution >= 4 is 182 Å². The molecular weight excluding hydrogens is 1790 g/mol. The highest BCUT2D eigenvalue weighted by molar-refractivity contribution is 6.16. The molecule has 29 aromatic rings. The van der Waals surface area contributed by atoms with Gasteiger partial charge in [0.1, 0.15) is 33.5 Å². The Morgan fingerprint density at radius 1 is 0.116 bits per heavy atom. The Balaban J connectivity index is 0.000000109. The van der Waals surface area contributed by atoms with Gasteiger partial charge in [-0.1, -0.05) is 358 Å². The maximum atomic E-state index is 6.21. The summed E-state index contributed by atoms with van der Waals surface area (Å²) in [5, 5.41) is 14.1. The molecule has 9 nitrogen and oxygen atoms in total. The van der Waals surface area contributed by atoms with E-state index < -0.39 is 0 Å². The van der Waals surface area contributed by atoms with Gasteiger partial charge in [-0.15, -0.1) is 0 Å². The molecule has 0 N–H and O–H groups in total. The molecule has 0 bridgehead atoms. The molecule has 6 heterocycles. The number of hydrogen-bond donors (Lipinski definition) is 0. The Morgan fingerprint density at radius 2 is 0.320 bits per heavy atom. The molecule has 0 saturated heterocycles.